The Hall–Kier alpha value is -2.46. The van der Waals surface area contributed by atoms with Crippen LogP contribution < -0.4 is 0 Å². The fourth-order valence-corrected chi connectivity index (χ4v) is 2.43. The first-order valence-corrected chi connectivity index (χ1v) is 7.79. The Morgan fingerprint density at radius 3 is 2.38 bits per heavy atom. The van der Waals surface area contributed by atoms with E-state index in [4.69, 9.17) is 19.3 Å². The van der Waals surface area contributed by atoms with Gasteiger partial charge in [0.05, 0.1) is 6.61 Å². The number of rotatable bonds is 5. The number of esters is 2. The van der Waals surface area contributed by atoms with E-state index < -0.39 is 49.3 Å². The fraction of sp³-hybridized carbons (Fsp3) is 0.412. The molecule has 0 aliphatic carbocycles. The number of ether oxygens (including phenoxy) is 3. The Labute approximate surface area is 149 Å². The summed E-state index contributed by atoms with van der Waals surface area (Å²) < 4.78 is 15.0. The van der Waals surface area contributed by atoms with Crippen LogP contribution in [0, 0.1) is 0 Å². The Bertz CT molecular complexity index is 655. The van der Waals surface area contributed by atoms with E-state index in [0.717, 1.165) is 13.0 Å². The van der Waals surface area contributed by atoms with E-state index in [1.807, 2.05) is 0 Å². The van der Waals surface area contributed by atoms with E-state index in [0.29, 0.717) is 5.56 Å². The first-order chi connectivity index (χ1) is 12.3. The maximum Gasteiger partial charge on any atom is 0.331 e. The molecule has 1 aromatic rings. The Kier molecular flexibility index (Phi) is 6.70. The molecular formula is C17H20O9. The maximum atomic E-state index is 12.0. The number of aromatic hydroxyl groups is 1. The SMILES string of the molecule is CC(=O)O[C@@H]1[C@@H](O)[C@H](CO)O[C@H](O)[C@@H]1OC(=O)/C=C/c1ccc(O)cc1. The van der Waals surface area contributed by atoms with Crippen molar-refractivity contribution in [3.63, 3.8) is 0 Å². The minimum absolute atomic E-state index is 0.0730. The summed E-state index contributed by atoms with van der Waals surface area (Å²) in [7, 11) is 0. The standard InChI is InChI=1S/C17H20O9/c1-9(19)24-15-14(22)12(8-18)25-17(23)16(15)26-13(21)7-4-10-2-5-11(20)6-3-10/h2-7,12,14-18,20,22-23H,8H2,1H3/b7-4+/t12-,14-,15+,16+,17-/m0/s1. The summed E-state index contributed by atoms with van der Waals surface area (Å²) in [4.78, 5) is 23.2. The second kappa shape index (κ2) is 8.77. The van der Waals surface area contributed by atoms with Crippen LogP contribution in [0.4, 0.5) is 0 Å². The maximum absolute atomic E-state index is 12.0. The zero-order chi connectivity index (χ0) is 19.3. The third kappa shape index (κ3) is 5.02. The second-order valence-electron chi connectivity index (χ2n) is 5.64. The van der Waals surface area contributed by atoms with Gasteiger partial charge < -0.3 is 34.6 Å². The van der Waals surface area contributed by atoms with Crippen LogP contribution in [0.25, 0.3) is 6.08 Å². The van der Waals surface area contributed by atoms with Crippen molar-refractivity contribution in [3.05, 3.63) is 35.9 Å². The lowest BCUT2D eigenvalue weighted by atomic mass is 9.99. The third-order valence-corrected chi connectivity index (χ3v) is 3.68. The van der Waals surface area contributed by atoms with Crippen LogP contribution in [0.5, 0.6) is 5.75 Å². The number of aliphatic hydroxyl groups excluding tert-OH is 3. The molecule has 0 unspecified atom stereocenters. The molecule has 1 saturated heterocycles. The number of carbonyl (C=O) groups is 2. The van der Waals surface area contributed by atoms with E-state index in [-0.39, 0.29) is 5.75 Å². The van der Waals surface area contributed by atoms with Crippen molar-refractivity contribution >= 4 is 18.0 Å². The van der Waals surface area contributed by atoms with E-state index in [9.17, 15) is 24.9 Å². The van der Waals surface area contributed by atoms with Crippen LogP contribution in [-0.4, -0.2) is 69.7 Å². The van der Waals surface area contributed by atoms with E-state index in [1.165, 1.54) is 18.2 Å². The van der Waals surface area contributed by atoms with Crippen molar-refractivity contribution in [1.29, 1.82) is 0 Å². The summed E-state index contributed by atoms with van der Waals surface area (Å²) in [6.45, 7) is 0.462. The zero-order valence-electron chi connectivity index (χ0n) is 13.9. The van der Waals surface area contributed by atoms with Crippen molar-refractivity contribution in [1.82, 2.24) is 0 Å². The fourth-order valence-electron chi connectivity index (χ4n) is 2.43. The number of phenols is 1. The molecular weight excluding hydrogens is 348 g/mol. The van der Waals surface area contributed by atoms with Crippen molar-refractivity contribution in [2.45, 2.75) is 37.6 Å². The van der Waals surface area contributed by atoms with Crippen molar-refractivity contribution < 1.29 is 44.2 Å². The number of hydrogen-bond acceptors (Lipinski definition) is 9. The molecule has 9 heteroatoms. The van der Waals surface area contributed by atoms with Crippen LogP contribution in [0.2, 0.25) is 0 Å². The number of aliphatic hydroxyl groups is 3. The first kappa shape index (κ1) is 19.9. The predicted octanol–water partition coefficient (Wildman–Crippen LogP) is -0.681. The summed E-state index contributed by atoms with van der Waals surface area (Å²) >= 11 is 0. The third-order valence-electron chi connectivity index (χ3n) is 3.68. The topological polar surface area (TPSA) is 143 Å². The van der Waals surface area contributed by atoms with Crippen LogP contribution in [0.3, 0.4) is 0 Å². The van der Waals surface area contributed by atoms with Gasteiger partial charge in [0.15, 0.2) is 18.5 Å². The Morgan fingerprint density at radius 2 is 1.81 bits per heavy atom. The second-order valence-corrected chi connectivity index (χ2v) is 5.64. The number of benzene rings is 1. The molecule has 1 aromatic carbocycles. The normalized spacial score (nSPS) is 28.7. The quantitative estimate of drug-likeness (QED) is 0.392. The zero-order valence-corrected chi connectivity index (χ0v) is 13.9. The summed E-state index contributed by atoms with van der Waals surface area (Å²) in [5.74, 6) is -1.57. The molecule has 0 aromatic heterocycles. The summed E-state index contributed by atoms with van der Waals surface area (Å²) in [6.07, 6.45) is -4.80. The minimum Gasteiger partial charge on any atom is -0.508 e. The van der Waals surface area contributed by atoms with Gasteiger partial charge in [-0.05, 0) is 23.8 Å². The van der Waals surface area contributed by atoms with Gasteiger partial charge in [0.25, 0.3) is 0 Å². The van der Waals surface area contributed by atoms with Gasteiger partial charge in [-0.1, -0.05) is 12.1 Å². The molecule has 142 valence electrons. The lowest BCUT2D eigenvalue weighted by Gasteiger charge is -2.40. The summed E-state index contributed by atoms with van der Waals surface area (Å²) in [6, 6.07) is 6.00. The summed E-state index contributed by atoms with van der Waals surface area (Å²) in [5, 5.41) is 38.4. The van der Waals surface area contributed by atoms with E-state index in [2.05, 4.69) is 0 Å². The average Bonchev–Trinajstić information content (AvgIpc) is 2.60. The molecule has 0 spiro atoms. The molecule has 9 nitrogen and oxygen atoms in total. The monoisotopic (exact) mass is 368 g/mol. The summed E-state index contributed by atoms with van der Waals surface area (Å²) in [5.41, 5.74) is 0.608. The van der Waals surface area contributed by atoms with Crippen molar-refractivity contribution in [2.24, 2.45) is 0 Å². The van der Waals surface area contributed by atoms with Gasteiger partial charge in [-0.15, -0.1) is 0 Å². The highest BCUT2D eigenvalue weighted by atomic mass is 16.7. The molecule has 4 N–H and O–H groups in total. The number of carbonyl (C=O) groups excluding carboxylic acids is 2. The van der Waals surface area contributed by atoms with E-state index in [1.54, 1.807) is 12.1 Å². The molecule has 1 fully saturated rings. The van der Waals surface area contributed by atoms with Gasteiger partial charge >= 0.3 is 11.9 Å². The molecule has 0 amide bonds. The highest BCUT2D eigenvalue weighted by molar-refractivity contribution is 5.87. The Balaban J connectivity index is 2.09. The number of phenolic OH excluding ortho intramolecular Hbond substituents is 1. The van der Waals surface area contributed by atoms with Crippen LogP contribution in [0.15, 0.2) is 30.3 Å². The van der Waals surface area contributed by atoms with Crippen molar-refractivity contribution in [3.8, 4) is 5.75 Å². The molecule has 0 bridgehead atoms. The molecule has 0 radical (unpaired) electrons. The van der Waals surface area contributed by atoms with Crippen molar-refractivity contribution in [2.75, 3.05) is 6.61 Å². The molecule has 5 atom stereocenters. The van der Waals surface area contributed by atoms with Gasteiger partial charge in [-0.25, -0.2) is 4.79 Å². The largest absolute Gasteiger partial charge is 0.508 e. The van der Waals surface area contributed by atoms with Gasteiger partial charge in [-0.2, -0.15) is 0 Å². The molecule has 1 aliphatic heterocycles. The predicted molar refractivity (Wildman–Crippen MR) is 86.5 cm³/mol. The minimum atomic E-state index is -1.70. The lowest BCUT2D eigenvalue weighted by molar-refractivity contribution is -0.292. The number of hydrogen-bond donors (Lipinski definition) is 4. The van der Waals surface area contributed by atoms with Gasteiger partial charge in [0, 0.05) is 13.0 Å². The van der Waals surface area contributed by atoms with Crippen LogP contribution in [-0.2, 0) is 23.8 Å². The molecule has 26 heavy (non-hydrogen) atoms. The van der Waals surface area contributed by atoms with Crippen LogP contribution >= 0.6 is 0 Å². The lowest BCUT2D eigenvalue weighted by Crippen LogP contribution is -2.61. The smallest absolute Gasteiger partial charge is 0.331 e. The highest BCUT2D eigenvalue weighted by Gasteiger charge is 2.48. The molecule has 0 saturated carbocycles. The highest BCUT2D eigenvalue weighted by Crippen LogP contribution is 2.25. The van der Waals surface area contributed by atoms with Gasteiger partial charge in [0.2, 0.25) is 0 Å². The van der Waals surface area contributed by atoms with Gasteiger partial charge in [-0.3, -0.25) is 4.79 Å². The molecule has 1 aliphatic rings. The molecule has 2 rings (SSSR count). The van der Waals surface area contributed by atoms with Crippen LogP contribution in [0.1, 0.15) is 12.5 Å². The van der Waals surface area contributed by atoms with E-state index >= 15 is 0 Å². The average molecular weight is 368 g/mol. The molecule has 1 heterocycles. The Morgan fingerprint density at radius 1 is 1.15 bits per heavy atom. The van der Waals surface area contributed by atoms with Gasteiger partial charge in [0.1, 0.15) is 18.0 Å². The first-order valence-electron chi connectivity index (χ1n) is 7.79.